The van der Waals surface area contributed by atoms with Crippen LogP contribution in [0.4, 0.5) is 17.1 Å². The van der Waals surface area contributed by atoms with Crippen molar-refractivity contribution in [3.8, 4) is 0 Å². The topological polar surface area (TPSA) is 83.1 Å². The average Bonchev–Trinajstić information content (AvgIpc) is 3.06. The van der Waals surface area contributed by atoms with Crippen molar-refractivity contribution in [2.75, 3.05) is 25.0 Å². The highest BCUT2D eigenvalue weighted by atomic mass is 35.5. The number of rotatable bonds is 4. The Morgan fingerprint density at radius 3 is 3.05 bits per heavy atom. The van der Waals surface area contributed by atoms with Crippen molar-refractivity contribution >= 4 is 46.7 Å². The number of anilines is 1. The fourth-order valence-corrected chi connectivity index (χ4v) is 3.44. The van der Waals surface area contributed by atoms with E-state index in [2.05, 4.69) is 25.9 Å². The Kier molecular flexibility index (Phi) is 5.69. The molecule has 8 heteroatoms. The van der Waals surface area contributed by atoms with Gasteiger partial charge in [-0.25, -0.2) is 0 Å². The number of hydrogen-bond donors (Lipinski definition) is 2. The highest BCUT2D eigenvalue weighted by Gasteiger charge is 2.29. The number of nitrogens with two attached hydrogens (primary N) is 1. The summed E-state index contributed by atoms with van der Waals surface area (Å²) in [6, 6.07) is 6.03. The number of nitrogens with one attached hydrogen (secondary N) is 1. The second-order valence-corrected chi connectivity index (χ2v) is 6.13. The summed E-state index contributed by atoms with van der Waals surface area (Å²) in [6.07, 6.45) is 1.06. The van der Waals surface area contributed by atoms with E-state index in [0.29, 0.717) is 25.0 Å². The first-order valence-electron chi connectivity index (χ1n) is 7.12. The lowest BCUT2D eigenvalue weighted by molar-refractivity contribution is -0.117. The Bertz CT molecular complexity index is 632. The van der Waals surface area contributed by atoms with Gasteiger partial charge in [0.1, 0.15) is 11.4 Å². The zero-order valence-electron chi connectivity index (χ0n) is 12.4. The van der Waals surface area contributed by atoms with E-state index in [1.54, 1.807) is 0 Å². The minimum absolute atomic E-state index is 0. The van der Waals surface area contributed by atoms with Crippen LogP contribution in [0.3, 0.4) is 0 Å². The number of carbonyl (C=O) groups excluding carboxylic acids is 1. The predicted molar refractivity (Wildman–Crippen MR) is 92.1 cm³/mol. The van der Waals surface area contributed by atoms with E-state index in [-0.39, 0.29) is 18.3 Å². The molecular formula is C14H20ClN5OS. The van der Waals surface area contributed by atoms with Gasteiger partial charge in [0.15, 0.2) is 0 Å². The van der Waals surface area contributed by atoms with Gasteiger partial charge >= 0.3 is 0 Å². The Balaban J connectivity index is 0.00000176. The van der Waals surface area contributed by atoms with Crippen molar-refractivity contribution in [2.24, 2.45) is 20.4 Å². The highest BCUT2D eigenvalue weighted by Crippen LogP contribution is 2.38. The van der Waals surface area contributed by atoms with Crippen LogP contribution in [-0.4, -0.2) is 36.5 Å². The minimum Gasteiger partial charge on any atom is -0.330 e. The molecule has 120 valence electrons. The monoisotopic (exact) mass is 341 g/mol. The lowest BCUT2D eigenvalue weighted by atomic mass is 10.1. The molecule has 0 radical (unpaired) electrons. The summed E-state index contributed by atoms with van der Waals surface area (Å²) in [7, 11) is 0. The fraction of sp³-hybridized carbons (Fsp3) is 0.500. The van der Waals surface area contributed by atoms with Gasteiger partial charge in [-0.2, -0.15) is 8.73 Å². The Hall–Kier alpha value is -1.28. The molecule has 22 heavy (non-hydrogen) atoms. The molecule has 1 aromatic rings. The number of carbonyl (C=O) groups is 1. The van der Waals surface area contributed by atoms with Gasteiger partial charge in [0.05, 0.1) is 23.6 Å². The van der Waals surface area contributed by atoms with Gasteiger partial charge < -0.3 is 11.1 Å². The maximum Gasteiger partial charge on any atom is 0.238 e. The number of hydrogen-bond acceptors (Lipinski definition) is 5. The molecule has 0 spiro atoms. The molecule has 1 saturated heterocycles. The molecule has 2 unspecified atom stereocenters. The number of likely N-dealkylation sites (tertiary alicyclic amines) is 1. The lowest BCUT2D eigenvalue weighted by Gasteiger charge is -2.20. The van der Waals surface area contributed by atoms with Crippen molar-refractivity contribution in [1.29, 1.82) is 0 Å². The Morgan fingerprint density at radius 2 is 2.32 bits per heavy atom. The Labute approximate surface area is 139 Å². The van der Waals surface area contributed by atoms with Crippen molar-refractivity contribution in [3.63, 3.8) is 0 Å². The van der Waals surface area contributed by atoms with Gasteiger partial charge in [-0.05, 0) is 37.9 Å². The minimum atomic E-state index is -0.0139. The third kappa shape index (κ3) is 3.55. The highest BCUT2D eigenvalue weighted by molar-refractivity contribution is 7.58. The van der Waals surface area contributed by atoms with E-state index in [4.69, 9.17) is 5.73 Å². The molecule has 3 N–H and O–H groups in total. The smallest absolute Gasteiger partial charge is 0.238 e. The van der Waals surface area contributed by atoms with E-state index < -0.39 is 0 Å². The van der Waals surface area contributed by atoms with Crippen molar-refractivity contribution in [2.45, 2.75) is 19.4 Å². The van der Waals surface area contributed by atoms with Crippen LogP contribution in [0.5, 0.6) is 0 Å². The molecule has 0 saturated carbocycles. The average molecular weight is 342 g/mol. The molecule has 1 fully saturated rings. The van der Waals surface area contributed by atoms with Crippen LogP contribution in [0, 0.1) is 5.92 Å². The van der Waals surface area contributed by atoms with Crippen LogP contribution < -0.4 is 11.1 Å². The molecule has 2 aliphatic rings. The normalized spacial score (nSPS) is 22.8. The first-order chi connectivity index (χ1) is 10.2. The molecule has 2 atom stereocenters. The van der Waals surface area contributed by atoms with E-state index >= 15 is 0 Å². The van der Waals surface area contributed by atoms with Gasteiger partial charge in [-0.1, -0.05) is 6.07 Å². The van der Waals surface area contributed by atoms with Crippen molar-refractivity contribution < 1.29 is 4.79 Å². The van der Waals surface area contributed by atoms with Gasteiger partial charge in [0, 0.05) is 12.6 Å². The third-order valence-electron chi connectivity index (χ3n) is 4.03. The number of benzene rings is 1. The molecule has 0 bridgehead atoms. The summed E-state index contributed by atoms with van der Waals surface area (Å²) < 4.78 is 8.41. The number of fused-ring (bicyclic) bond motifs is 1. The maximum atomic E-state index is 12.2. The number of halogens is 1. The Morgan fingerprint density at radius 1 is 1.50 bits per heavy atom. The first kappa shape index (κ1) is 17.1. The van der Waals surface area contributed by atoms with Crippen LogP contribution in [0.2, 0.25) is 0 Å². The summed E-state index contributed by atoms with van der Waals surface area (Å²) in [6.45, 7) is 4.12. The quantitative estimate of drug-likeness (QED) is 0.895. The van der Waals surface area contributed by atoms with Gasteiger partial charge in [0.2, 0.25) is 5.91 Å². The van der Waals surface area contributed by atoms with E-state index in [0.717, 1.165) is 41.4 Å². The van der Waals surface area contributed by atoms with E-state index in [1.165, 1.54) is 0 Å². The summed E-state index contributed by atoms with van der Waals surface area (Å²) in [5.74, 6) is 0.485. The SMILES string of the molecule is CC1CC(CN)CN1CC(=O)Nc1cccc2c1N=S=N2.Cl. The third-order valence-corrected chi connectivity index (χ3v) is 4.57. The van der Waals surface area contributed by atoms with Crippen LogP contribution >= 0.6 is 12.4 Å². The molecule has 3 rings (SSSR count). The van der Waals surface area contributed by atoms with Crippen LogP contribution in [0.15, 0.2) is 26.9 Å². The largest absolute Gasteiger partial charge is 0.330 e. The summed E-state index contributed by atoms with van der Waals surface area (Å²) in [5.41, 5.74) is 8.02. The van der Waals surface area contributed by atoms with Crippen LogP contribution in [-0.2, 0) is 16.1 Å². The maximum absolute atomic E-state index is 12.2. The number of nitrogens with zero attached hydrogens (tertiary/aromatic N) is 3. The van der Waals surface area contributed by atoms with Gasteiger partial charge in [-0.15, -0.1) is 12.4 Å². The fourth-order valence-electron chi connectivity index (χ4n) is 2.89. The van der Waals surface area contributed by atoms with Crippen molar-refractivity contribution in [1.82, 2.24) is 4.90 Å². The van der Waals surface area contributed by atoms with E-state index in [1.807, 2.05) is 18.2 Å². The summed E-state index contributed by atoms with van der Waals surface area (Å²) in [4.78, 5) is 14.4. The van der Waals surface area contributed by atoms with Crippen LogP contribution in [0.1, 0.15) is 13.3 Å². The molecular weight excluding hydrogens is 322 g/mol. The molecule has 1 amide bonds. The van der Waals surface area contributed by atoms with Gasteiger partial charge in [-0.3, -0.25) is 9.69 Å². The molecule has 2 aliphatic heterocycles. The van der Waals surface area contributed by atoms with Crippen molar-refractivity contribution in [3.05, 3.63) is 18.2 Å². The first-order valence-corrected chi connectivity index (χ1v) is 7.85. The summed E-state index contributed by atoms with van der Waals surface area (Å²) in [5, 5.41) is 2.94. The van der Waals surface area contributed by atoms with Crippen LogP contribution in [0.25, 0.3) is 0 Å². The van der Waals surface area contributed by atoms with E-state index in [9.17, 15) is 4.79 Å². The van der Waals surface area contributed by atoms with Gasteiger partial charge in [0.25, 0.3) is 0 Å². The second-order valence-electron chi connectivity index (χ2n) is 5.60. The second kappa shape index (κ2) is 7.32. The molecule has 0 aromatic heterocycles. The molecule has 2 heterocycles. The predicted octanol–water partition coefficient (Wildman–Crippen LogP) is 2.44. The molecule has 0 aliphatic carbocycles. The zero-order valence-corrected chi connectivity index (χ0v) is 14.0. The molecule has 1 aromatic carbocycles. The molecule has 6 nitrogen and oxygen atoms in total. The lowest BCUT2D eigenvalue weighted by Crippen LogP contribution is -2.36. The summed E-state index contributed by atoms with van der Waals surface area (Å²) >= 11 is 1.16. The number of amides is 1. The zero-order chi connectivity index (χ0) is 14.8. The standard InChI is InChI=1S/C14H19N5OS.ClH/c1-9-5-10(6-15)7-19(9)8-13(20)16-11-3-2-4-12-14(11)18-21-17-12;/h2-4,9-10H,5-8,15H2,1H3,(H,16,20);1H.